The highest BCUT2D eigenvalue weighted by Gasteiger charge is 2.29. The molecular formula is C16H23NO2. The van der Waals surface area contributed by atoms with Crippen molar-refractivity contribution in [1.29, 1.82) is 0 Å². The van der Waals surface area contributed by atoms with Crippen LogP contribution in [0.4, 0.5) is 0 Å². The lowest BCUT2D eigenvalue weighted by Gasteiger charge is -2.35. The molecule has 2 atom stereocenters. The molecular weight excluding hydrogens is 238 g/mol. The van der Waals surface area contributed by atoms with Crippen molar-refractivity contribution in [2.45, 2.75) is 44.8 Å². The molecule has 2 aliphatic rings. The summed E-state index contributed by atoms with van der Waals surface area (Å²) in [5.41, 5.74) is 2.64. The Morgan fingerprint density at radius 1 is 1.37 bits per heavy atom. The van der Waals surface area contributed by atoms with Crippen LogP contribution >= 0.6 is 0 Å². The second-order valence-electron chi connectivity index (χ2n) is 5.88. The maximum absolute atomic E-state index is 9.46. The molecule has 2 aliphatic heterocycles. The fourth-order valence-electron chi connectivity index (χ4n) is 3.32. The van der Waals surface area contributed by atoms with E-state index in [-0.39, 0.29) is 12.7 Å². The summed E-state index contributed by atoms with van der Waals surface area (Å²) in [5, 5.41) is 9.46. The molecule has 3 rings (SSSR count). The molecule has 0 radical (unpaired) electrons. The third-order valence-corrected chi connectivity index (χ3v) is 4.36. The fraction of sp³-hybridized carbons (Fsp3) is 0.625. The number of ether oxygens (including phenoxy) is 1. The zero-order valence-electron chi connectivity index (χ0n) is 11.6. The van der Waals surface area contributed by atoms with Crippen LogP contribution in [0.3, 0.4) is 0 Å². The van der Waals surface area contributed by atoms with Crippen molar-refractivity contribution in [3.8, 4) is 5.75 Å². The lowest BCUT2D eigenvalue weighted by molar-refractivity contribution is 0.0570. The molecule has 0 saturated carbocycles. The van der Waals surface area contributed by atoms with Gasteiger partial charge in [-0.05, 0) is 37.9 Å². The number of hydrogen-bond donors (Lipinski definition) is 1. The molecule has 0 spiro atoms. The largest absolute Gasteiger partial charge is 0.488 e. The predicted molar refractivity (Wildman–Crippen MR) is 75.6 cm³/mol. The molecule has 2 heterocycles. The van der Waals surface area contributed by atoms with E-state index >= 15 is 0 Å². The molecule has 3 heteroatoms. The van der Waals surface area contributed by atoms with Gasteiger partial charge < -0.3 is 9.84 Å². The minimum atomic E-state index is 0.254. The first-order valence-corrected chi connectivity index (χ1v) is 7.37. The Kier molecular flexibility index (Phi) is 3.76. The number of rotatable bonds is 3. The molecule has 1 fully saturated rings. The third-order valence-electron chi connectivity index (χ3n) is 4.36. The van der Waals surface area contributed by atoms with Crippen molar-refractivity contribution >= 4 is 0 Å². The Morgan fingerprint density at radius 2 is 2.26 bits per heavy atom. The van der Waals surface area contributed by atoms with Crippen LogP contribution < -0.4 is 4.74 Å². The van der Waals surface area contributed by atoms with E-state index in [1.54, 1.807) is 0 Å². The fourth-order valence-corrected chi connectivity index (χ4v) is 3.32. The number of benzene rings is 1. The van der Waals surface area contributed by atoms with Gasteiger partial charge in [-0.25, -0.2) is 0 Å². The Labute approximate surface area is 115 Å². The van der Waals surface area contributed by atoms with Crippen LogP contribution in [0, 0.1) is 6.92 Å². The summed E-state index contributed by atoms with van der Waals surface area (Å²) in [6, 6.07) is 6.76. The first-order valence-electron chi connectivity index (χ1n) is 7.37. The third kappa shape index (κ3) is 2.77. The van der Waals surface area contributed by atoms with E-state index in [1.165, 1.54) is 24.0 Å². The SMILES string of the molecule is Cc1ccc2c(c1)CC(CN1CCCCC1CO)O2. The number of nitrogens with zero attached hydrogens (tertiary/aromatic N) is 1. The zero-order valence-corrected chi connectivity index (χ0v) is 11.6. The Balaban J connectivity index is 1.63. The van der Waals surface area contributed by atoms with E-state index in [0.717, 1.165) is 31.7 Å². The van der Waals surface area contributed by atoms with E-state index in [0.29, 0.717) is 6.04 Å². The molecule has 2 unspecified atom stereocenters. The highest BCUT2D eigenvalue weighted by molar-refractivity contribution is 5.40. The number of hydrogen-bond acceptors (Lipinski definition) is 3. The van der Waals surface area contributed by atoms with Crippen LogP contribution in [0.1, 0.15) is 30.4 Å². The predicted octanol–water partition coefficient (Wildman–Crippen LogP) is 2.15. The number of aliphatic hydroxyl groups excluding tert-OH is 1. The van der Waals surface area contributed by atoms with Crippen LogP contribution in [-0.2, 0) is 6.42 Å². The lowest BCUT2D eigenvalue weighted by atomic mass is 10.0. The molecule has 0 aromatic heterocycles. The van der Waals surface area contributed by atoms with Crippen LogP contribution in [0.2, 0.25) is 0 Å². The molecule has 0 bridgehead atoms. The van der Waals surface area contributed by atoms with Gasteiger partial charge in [0.25, 0.3) is 0 Å². The second kappa shape index (κ2) is 5.51. The molecule has 1 N–H and O–H groups in total. The van der Waals surface area contributed by atoms with E-state index in [4.69, 9.17) is 4.74 Å². The molecule has 1 saturated heterocycles. The summed E-state index contributed by atoms with van der Waals surface area (Å²) in [4.78, 5) is 2.41. The normalized spacial score (nSPS) is 27.1. The topological polar surface area (TPSA) is 32.7 Å². The number of piperidine rings is 1. The van der Waals surface area contributed by atoms with Crippen molar-refractivity contribution in [3.63, 3.8) is 0 Å². The van der Waals surface area contributed by atoms with Gasteiger partial charge >= 0.3 is 0 Å². The van der Waals surface area contributed by atoms with Gasteiger partial charge in [0, 0.05) is 19.0 Å². The Bertz CT molecular complexity index is 446. The van der Waals surface area contributed by atoms with Crippen molar-refractivity contribution < 1.29 is 9.84 Å². The van der Waals surface area contributed by atoms with Crippen molar-refractivity contribution in [1.82, 2.24) is 4.90 Å². The second-order valence-corrected chi connectivity index (χ2v) is 5.88. The van der Waals surface area contributed by atoms with E-state index in [9.17, 15) is 5.11 Å². The van der Waals surface area contributed by atoms with Crippen molar-refractivity contribution in [3.05, 3.63) is 29.3 Å². The monoisotopic (exact) mass is 261 g/mol. The molecule has 0 amide bonds. The average molecular weight is 261 g/mol. The van der Waals surface area contributed by atoms with Gasteiger partial charge in [0.1, 0.15) is 11.9 Å². The van der Waals surface area contributed by atoms with Gasteiger partial charge in [-0.1, -0.05) is 24.1 Å². The van der Waals surface area contributed by atoms with Crippen LogP contribution in [0.25, 0.3) is 0 Å². The van der Waals surface area contributed by atoms with Crippen molar-refractivity contribution in [2.75, 3.05) is 19.7 Å². The Hall–Kier alpha value is -1.06. The summed E-state index contributed by atoms with van der Waals surface area (Å²) in [6.45, 7) is 4.44. The van der Waals surface area contributed by atoms with Gasteiger partial charge in [-0.15, -0.1) is 0 Å². The molecule has 104 valence electrons. The highest BCUT2D eigenvalue weighted by atomic mass is 16.5. The zero-order chi connectivity index (χ0) is 13.2. The minimum absolute atomic E-state index is 0.254. The molecule has 1 aromatic rings. The van der Waals surface area contributed by atoms with Crippen LogP contribution in [0.5, 0.6) is 5.75 Å². The number of likely N-dealkylation sites (tertiary alicyclic amines) is 1. The summed E-state index contributed by atoms with van der Waals surface area (Å²) < 4.78 is 6.03. The first kappa shape index (κ1) is 12.9. The number of aryl methyl sites for hydroxylation is 1. The van der Waals surface area contributed by atoms with Gasteiger partial charge in [-0.2, -0.15) is 0 Å². The maximum Gasteiger partial charge on any atom is 0.123 e. The lowest BCUT2D eigenvalue weighted by Crippen LogP contribution is -2.46. The van der Waals surface area contributed by atoms with Gasteiger partial charge in [0.05, 0.1) is 6.61 Å². The van der Waals surface area contributed by atoms with E-state index in [1.807, 2.05) is 0 Å². The van der Waals surface area contributed by atoms with Crippen LogP contribution in [-0.4, -0.2) is 41.8 Å². The van der Waals surface area contributed by atoms with E-state index < -0.39 is 0 Å². The van der Waals surface area contributed by atoms with Gasteiger partial charge in [-0.3, -0.25) is 4.90 Å². The molecule has 19 heavy (non-hydrogen) atoms. The van der Waals surface area contributed by atoms with Gasteiger partial charge in [0.2, 0.25) is 0 Å². The first-order chi connectivity index (χ1) is 9.26. The highest BCUT2D eigenvalue weighted by Crippen LogP contribution is 2.30. The summed E-state index contributed by atoms with van der Waals surface area (Å²) in [7, 11) is 0. The van der Waals surface area contributed by atoms with E-state index in [2.05, 4.69) is 30.0 Å². The Morgan fingerprint density at radius 3 is 3.11 bits per heavy atom. The van der Waals surface area contributed by atoms with Crippen molar-refractivity contribution in [2.24, 2.45) is 0 Å². The summed E-state index contributed by atoms with van der Waals surface area (Å²) >= 11 is 0. The van der Waals surface area contributed by atoms with Crippen LogP contribution in [0.15, 0.2) is 18.2 Å². The quantitative estimate of drug-likeness (QED) is 0.905. The number of fused-ring (bicyclic) bond motifs is 1. The summed E-state index contributed by atoms with van der Waals surface area (Å²) in [6.07, 6.45) is 4.87. The smallest absolute Gasteiger partial charge is 0.123 e. The van der Waals surface area contributed by atoms with Gasteiger partial charge in [0.15, 0.2) is 0 Å². The molecule has 0 aliphatic carbocycles. The molecule has 3 nitrogen and oxygen atoms in total. The average Bonchev–Trinajstić information content (AvgIpc) is 2.80. The minimum Gasteiger partial charge on any atom is -0.488 e. The maximum atomic E-state index is 9.46. The standard InChI is InChI=1S/C16H23NO2/c1-12-5-6-16-13(8-12)9-15(19-16)10-17-7-3-2-4-14(17)11-18/h5-6,8,14-15,18H,2-4,7,9-11H2,1H3. The molecule has 1 aromatic carbocycles. The number of aliphatic hydroxyl groups is 1. The summed E-state index contributed by atoms with van der Waals surface area (Å²) in [5.74, 6) is 1.05.